The molecule has 2 aromatic carbocycles. The first-order valence-corrected chi connectivity index (χ1v) is 9.55. The van der Waals surface area contributed by atoms with E-state index >= 15 is 0 Å². The van der Waals surface area contributed by atoms with E-state index in [0.29, 0.717) is 30.2 Å². The van der Waals surface area contributed by atoms with Crippen LogP contribution in [0.15, 0.2) is 46.9 Å². The van der Waals surface area contributed by atoms with Crippen LogP contribution in [0.5, 0.6) is 11.5 Å². The molecule has 0 saturated carbocycles. The quantitative estimate of drug-likeness (QED) is 0.630. The van der Waals surface area contributed by atoms with Crippen LogP contribution in [0.2, 0.25) is 0 Å². The maximum Gasteiger partial charge on any atom is 0.287 e. The zero-order chi connectivity index (χ0) is 21.0. The summed E-state index contributed by atoms with van der Waals surface area (Å²) < 4.78 is 16.4. The lowest BCUT2D eigenvalue weighted by Gasteiger charge is -2.11. The first-order valence-electron chi connectivity index (χ1n) is 9.55. The molecule has 0 unspecified atom stereocenters. The number of nitrogens with one attached hydrogen (secondary N) is 1. The van der Waals surface area contributed by atoms with Crippen LogP contribution in [0.25, 0.3) is 0 Å². The highest BCUT2D eigenvalue weighted by Crippen LogP contribution is 2.24. The van der Waals surface area contributed by atoms with Crippen molar-refractivity contribution in [1.82, 2.24) is 5.32 Å². The zero-order valence-corrected chi connectivity index (χ0v) is 17.6. The summed E-state index contributed by atoms with van der Waals surface area (Å²) in [6, 6.07) is 13.4. The van der Waals surface area contributed by atoms with Crippen molar-refractivity contribution in [2.45, 2.75) is 33.7 Å². The maximum absolute atomic E-state index is 12.5. The second-order valence-electron chi connectivity index (χ2n) is 7.18. The van der Waals surface area contributed by atoms with E-state index in [1.165, 1.54) is 22.3 Å². The Bertz CT molecular complexity index is 996. The minimum Gasteiger partial charge on any atom is -0.497 e. The molecular formula is C24H27NO4. The first kappa shape index (κ1) is 20.5. The Hall–Kier alpha value is -3.21. The molecule has 3 aromatic rings. The third-order valence-corrected chi connectivity index (χ3v) is 5.00. The summed E-state index contributed by atoms with van der Waals surface area (Å²) in [7, 11) is 3.20. The summed E-state index contributed by atoms with van der Waals surface area (Å²) >= 11 is 0. The molecule has 0 bridgehead atoms. The fourth-order valence-electron chi connectivity index (χ4n) is 3.54. The molecule has 0 atom stereocenters. The Morgan fingerprint density at radius 2 is 1.69 bits per heavy atom. The van der Waals surface area contributed by atoms with E-state index in [1.54, 1.807) is 20.3 Å². The van der Waals surface area contributed by atoms with Gasteiger partial charge in [-0.3, -0.25) is 4.79 Å². The molecule has 0 aliphatic heterocycles. The number of carbonyl (C=O) groups excluding carboxylic acids is 1. The number of amides is 1. The second-order valence-corrected chi connectivity index (χ2v) is 7.18. The van der Waals surface area contributed by atoms with E-state index in [0.717, 1.165) is 11.3 Å². The van der Waals surface area contributed by atoms with Gasteiger partial charge >= 0.3 is 0 Å². The Morgan fingerprint density at radius 3 is 2.34 bits per heavy atom. The monoisotopic (exact) mass is 393 g/mol. The Labute approximate surface area is 171 Å². The number of hydrogen-bond acceptors (Lipinski definition) is 4. The summed E-state index contributed by atoms with van der Waals surface area (Å²) in [4.78, 5) is 12.5. The molecule has 0 spiro atoms. The van der Waals surface area contributed by atoms with Gasteiger partial charge in [-0.25, -0.2) is 0 Å². The molecule has 0 fully saturated rings. The van der Waals surface area contributed by atoms with E-state index in [1.807, 2.05) is 24.3 Å². The molecule has 0 aliphatic rings. The summed E-state index contributed by atoms with van der Waals surface area (Å²) in [6.07, 6.45) is 0.662. The van der Waals surface area contributed by atoms with Crippen molar-refractivity contribution in [2.24, 2.45) is 0 Å². The van der Waals surface area contributed by atoms with Crippen LogP contribution in [0, 0.1) is 20.8 Å². The molecular weight excluding hydrogens is 366 g/mol. The minimum absolute atomic E-state index is 0.265. The highest BCUT2D eigenvalue weighted by atomic mass is 16.5. The predicted octanol–water partition coefficient (Wildman–Crippen LogP) is 4.74. The van der Waals surface area contributed by atoms with E-state index in [4.69, 9.17) is 13.9 Å². The first-order chi connectivity index (χ1) is 13.9. The number of carbonyl (C=O) groups is 1. The summed E-state index contributed by atoms with van der Waals surface area (Å²) in [5, 5.41) is 2.88. The molecule has 3 rings (SSSR count). The van der Waals surface area contributed by atoms with Crippen molar-refractivity contribution in [3.05, 3.63) is 81.8 Å². The number of ether oxygens (including phenoxy) is 2. The fourth-order valence-corrected chi connectivity index (χ4v) is 3.54. The van der Waals surface area contributed by atoms with E-state index in [-0.39, 0.29) is 5.91 Å². The number of furan rings is 1. The normalized spacial score (nSPS) is 10.7. The highest BCUT2D eigenvalue weighted by Gasteiger charge is 2.14. The molecule has 1 amide bonds. The van der Waals surface area contributed by atoms with Gasteiger partial charge in [0.2, 0.25) is 0 Å². The van der Waals surface area contributed by atoms with Gasteiger partial charge < -0.3 is 19.2 Å². The van der Waals surface area contributed by atoms with Crippen LogP contribution in [-0.4, -0.2) is 20.1 Å². The van der Waals surface area contributed by atoms with Gasteiger partial charge in [-0.1, -0.05) is 17.7 Å². The molecule has 5 heteroatoms. The molecule has 0 radical (unpaired) electrons. The third kappa shape index (κ3) is 4.80. The summed E-state index contributed by atoms with van der Waals surface area (Å²) in [5.74, 6) is 2.20. The largest absolute Gasteiger partial charge is 0.497 e. The predicted molar refractivity (Wildman–Crippen MR) is 113 cm³/mol. The van der Waals surface area contributed by atoms with Gasteiger partial charge in [0, 0.05) is 18.5 Å². The number of aryl methyl sites for hydroxylation is 3. The van der Waals surface area contributed by atoms with Crippen molar-refractivity contribution in [1.29, 1.82) is 0 Å². The van der Waals surface area contributed by atoms with Gasteiger partial charge in [0.15, 0.2) is 5.76 Å². The lowest BCUT2D eigenvalue weighted by Crippen LogP contribution is -2.22. The Kier molecular flexibility index (Phi) is 6.27. The SMILES string of the molecule is COc1ccc(OC)c(CNC(=O)c2ccc(Cc3c(C)cc(C)cc3C)o2)c1. The summed E-state index contributed by atoms with van der Waals surface area (Å²) in [6.45, 7) is 6.61. The van der Waals surface area contributed by atoms with Crippen LogP contribution >= 0.6 is 0 Å². The van der Waals surface area contributed by atoms with Crippen LogP contribution in [0.4, 0.5) is 0 Å². The Balaban J connectivity index is 1.69. The molecule has 152 valence electrons. The average molecular weight is 393 g/mol. The van der Waals surface area contributed by atoms with Gasteiger partial charge in [0.05, 0.1) is 14.2 Å². The third-order valence-electron chi connectivity index (χ3n) is 5.00. The van der Waals surface area contributed by atoms with Crippen molar-refractivity contribution >= 4 is 5.91 Å². The zero-order valence-electron chi connectivity index (χ0n) is 17.6. The van der Waals surface area contributed by atoms with Gasteiger partial charge in [-0.15, -0.1) is 0 Å². The minimum atomic E-state index is -0.265. The fraction of sp³-hybridized carbons (Fsp3) is 0.292. The molecule has 1 aromatic heterocycles. The lowest BCUT2D eigenvalue weighted by molar-refractivity contribution is 0.0921. The topological polar surface area (TPSA) is 60.7 Å². The lowest BCUT2D eigenvalue weighted by atomic mass is 9.97. The van der Waals surface area contributed by atoms with Crippen molar-refractivity contribution in [3.8, 4) is 11.5 Å². The van der Waals surface area contributed by atoms with Gasteiger partial charge in [0.25, 0.3) is 5.91 Å². The number of methoxy groups -OCH3 is 2. The molecule has 1 N–H and O–H groups in total. The van der Waals surface area contributed by atoms with Crippen molar-refractivity contribution in [2.75, 3.05) is 14.2 Å². The number of benzene rings is 2. The molecule has 1 heterocycles. The molecule has 0 aliphatic carbocycles. The number of hydrogen-bond donors (Lipinski definition) is 1. The van der Waals surface area contributed by atoms with Gasteiger partial charge in [-0.2, -0.15) is 0 Å². The molecule has 5 nitrogen and oxygen atoms in total. The smallest absolute Gasteiger partial charge is 0.287 e. The second kappa shape index (κ2) is 8.86. The van der Waals surface area contributed by atoms with Crippen LogP contribution in [0.1, 0.15) is 44.1 Å². The maximum atomic E-state index is 12.5. The Morgan fingerprint density at radius 1 is 0.966 bits per heavy atom. The van der Waals surface area contributed by atoms with E-state index < -0.39 is 0 Å². The van der Waals surface area contributed by atoms with Gasteiger partial charge in [-0.05, 0) is 67.8 Å². The van der Waals surface area contributed by atoms with E-state index in [2.05, 4.69) is 38.2 Å². The molecule has 29 heavy (non-hydrogen) atoms. The number of rotatable bonds is 7. The van der Waals surface area contributed by atoms with Crippen LogP contribution < -0.4 is 14.8 Å². The van der Waals surface area contributed by atoms with Crippen molar-refractivity contribution in [3.63, 3.8) is 0 Å². The standard InChI is InChI=1S/C24H27NO4/c1-15-10-16(2)21(17(3)11-15)13-20-7-9-23(29-20)24(26)25-14-18-12-19(27-4)6-8-22(18)28-5/h6-12H,13-14H2,1-5H3,(H,25,26). The van der Waals surface area contributed by atoms with Gasteiger partial charge in [0.1, 0.15) is 17.3 Å². The molecule has 0 saturated heterocycles. The van der Waals surface area contributed by atoms with Crippen LogP contribution in [-0.2, 0) is 13.0 Å². The summed E-state index contributed by atoms with van der Waals surface area (Å²) in [5.41, 5.74) is 5.78. The van der Waals surface area contributed by atoms with Crippen LogP contribution in [0.3, 0.4) is 0 Å². The average Bonchev–Trinajstić information content (AvgIpc) is 3.17. The van der Waals surface area contributed by atoms with Crippen molar-refractivity contribution < 1.29 is 18.7 Å². The highest BCUT2D eigenvalue weighted by molar-refractivity contribution is 5.91. The van der Waals surface area contributed by atoms with E-state index in [9.17, 15) is 4.79 Å².